The van der Waals surface area contributed by atoms with Crippen LogP contribution in [0, 0.1) is 25.1 Å². The van der Waals surface area contributed by atoms with Crippen LogP contribution in [-0.2, 0) is 4.79 Å². The predicted molar refractivity (Wildman–Crippen MR) is 75.2 cm³/mol. The maximum absolute atomic E-state index is 13.3. The predicted octanol–water partition coefficient (Wildman–Crippen LogP) is 2.19. The van der Waals surface area contributed by atoms with Gasteiger partial charge in [-0.2, -0.15) is 0 Å². The Bertz CT molecular complexity index is 505. The van der Waals surface area contributed by atoms with Gasteiger partial charge in [0.1, 0.15) is 5.82 Å². The molecule has 0 radical (unpaired) electrons. The van der Waals surface area contributed by atoms with Gasteiger partial charge in [-0.3, -0.25) is 9.69 Å². The molecular weight excluding hydrogens is 243 g/mol. The molecule has 0 aliphatic heterocycles. The SMILES string of the molecule is C#CCN(CC=C)CC(=O)Nc1cccc(F)c1C. The summed E-state index contributed by atoms with van der Waals surface area (Å²) in [4.78, 5) is 13.6. The van der Waals surface area contributed by atoms with E-state index in [1.807, 2.05) is 0 Å². The molecule has 0 heterocycles. The lowest BCUT2D eigenvalue weighted by atomic mass is 10.2. The third-order valence-electron chi connectivity index (χ3n) is 2.61. The highest BCUT2D eigenvalue weighted by Crippen LogP contribution is 2.17. The van der Waals surface area contributed by atoms with E-state index in [0.717, 1.165) is 0 Å². The number of carbonyl (C=O) groups excluding carboxylic acids is 1. The number of hydrogen-bond donors (Lipinski definition) is 1. The first-order valence-corrected chi connectivity index (χ1v) is 5.90. The van der Waals surface area contributed by atoms with E-state index in [9.17, 15) is 9.18 Å². The van der Waals surface area contributed by atoms with Gasteiger partial charge in [-0.15, -0.1) is 13.0 Å². The summed E-state index contributed by atoms with van der Waals surface area (Å²) >= 11 is 0. The smallest absolute Gasteiger partial charge is 0.238 e. The standard InChI is InChI=1S/C15H17FN2O/c1-4-9-18(10-5-2)11-15(19)17-14-8-6-7-13(16)12(14)3/h1,5-8H,2,9-11H2,3H3,(H,17,19). The number of nitrogens with zero attached hydrogens (tertiary/aromatic N) is 1. The molecule has 0 aliphatic rings. The van der Waals surface area contributed by atoms with Gasteiger partial charge in [-0.05, 0) is 19.1 Å². The highest BCUT2D eigenvalue weighted by atomic mass is 19.1. The molecule has 0 atom stereocenters. The van der Waals surface area contributed by atoms with Gasteiger partial charge in [0, 0.05) is 17.8 Å². The first-order valence-electron chi connectivity index (χ1n) is 5.90. The average Bonchev–Trinajstić information content (AvgIpc) is 2.35. The zero-order valence-electron chi connectivity index (χ0n) is 10.9. The van der Waals surface area contributed by atoms with Crippen molar-refractivity contribution >= 4 is 11.6 Å². The number of nitrogens with one attached hydrogen (secondary N) is 1. The molecule has 1 rings (SSSR count). The Kier molecular flexibility index (Phi) is 5.77. The number of anilines is 1. The third kappa shape index (κ3) is 4.57. The van der Waals surface area contributed by atoms with Crippen molar-refractivity contribution in [3.8, 4) is 12.3 Å². The van der Waals surface area contributed by atoms with Gasteiger partial charge in [0.2, 0.25) is 5.91 Å². The van der Waals surface area contributed by atoms with Crippen molar-refractivity contribution in [2.45, 2.75) is 6.92 Å². The fourth-order valence-electron chi connectivity index (χ4n) is 1.63. The second-order valence-electron chi connectivity index (χ2n) is 4.12. The van der Waals surface area contributed by atoms with Crippen molar-refractivity contribution in [1.29, 1.82) is 0 Å². The molecule has 3 nitrogen and oxygen atoms in total. The van der Waals surface area contributed by atoms with E-state index in [-0.39, 0.29) is 18.3 Å². The number of hydrogen-bond acceptors (Lipinski definition) is 2. The summed E-state index contributed by atoms with van der Waals surface area (Å²) in [6, 6.07) is 4.57. The Balaban J connectivity index is 2.66. The maximum atomic E-state index is 13.3. The molecule has 4 heteroatoms. The average molecular weight is 260 g/mol. The Labute approximate surface area is 113 Å². The van der Waals surface area contributed by atoms with Crippen molar-refractivity contribution in [2.24, 2.45) is 0 Å². The monoisotopic (exact) mass is 260 g/mol. The van der Waals surface area contributed by atoms with Crippen LogP contribution in [0.15, 0.2) is 30.9 Å². The topological polar surface area (TPSA) is 32.3 Å². The van der Waals surface area contributed by atoms with Gasteiger partial charge in [0.15, 0.2) is 0 Å². The van der Waals surface area contributed by atoms with Crippen molar-refractivity contribution in [3.63, 3.8) is 0 Å². The summed E-state index contributed by atoms with van der Waals surface area (Å²) in [5.74, 6) is 1.91. The van der Waals surface area contributed by atoms with Crippen molar-refractivity contribution in [2.75, 3.05) is 25.0 Å². The fraction of sp³-hybridized carbons (Fsp3) is 0.267. The number of terminal acetylenes is 1. The minimum absolute atomic E-state index is 0.145. The number of rotatable bonds is 6. The Morgan fingerprint density at radius 1 is 1.63 bits per heavy atom. The molecule has 0 unspecified atom stereocenters. The van der Waals surface area contributed by atoms with E-state index >= 15 is 0 Å². The fourth-order valence-corrected chi connectivity index (χ4v) is 1.63. The van der Waals surface area contributed by atoms with Crippen LogP contribution < -0.4 is 5.32 Å². The molecule has 1 aromatic rings. The van der Waals surface area contributed by atoms with Gasteiger partial charge in [-0.1, -0.05) is 18.1 Å². The lowest BCUT2D eigenvalue weighted by molar-refractivity contribution is -0.117. The van der Waals surface area contributed by atoms with E-state index in [4.69, 9.17) is 6.42 Å². The van der Waals surface area contributed by atoms with E-state index in [0.29, 0.717) is 24.3 Å². The Morgan fingerprint density at radius 2 is 2.37 bits per heavy atom. The van der Waals surface area contributed by atoms with Gasteiger partial charge in [-0.25, -0.2) is 4.39 Å². The van der Waals surface area contributed by atoms with Crippen LogP contribution in [0.4, 0.5) is 10.1 Å². The van der Waals surface area contributed by atoms with Crippen molar-refractivity contribution < 1.29 is 9.18 Å². The molecule has 0 aliphatic carbocycles. The molecular formula is C15H17FN2O. The molecule has 1 aromatic carbocycles. The summed E-state index contributed by atoms with van der Waals surface area (Å²) in [5, 5.41) is 2.67. The highest BCUT2D eigenvalue weighted by Gasteiger charge is 2.11. The Morgan fingerprint density at radius 3 is 3.00 bits per heavy atom. The molecule has 0 aromatic heterocycles. The van der Waals surface area contributed by atoms with Crippen LogP contribution in [-0.4, -0.2) is 30.4 Å². The molecule has 0 bridgehead atoms. The number of benzene rings is 1. The highest BCUT2D eigenvalue weighted by molar-refractivity contribution is 5.93. The molecule has 0 fully saturated rings. The van der Waals surface area contributed by atoms with Crippen LogP contribution in [0.5, 0.6) is 0 Å². The zero-order valence-corrected chi connectivity index (χ0v) is 10.9. The molecule has 1 amide bonds. The van der Waals surface area contributed by atoms with Gasteiger partial charge in [0.25, 0.3) is 0 Å². The second-order valence-corrected chi connectivity index (χ2v) is 4.12. The summed E-state index contributed by atoms with van der Waals surface area (Å²) < 4.78 is 13.3. The summed E-state index contributed by atoms with van der Waals surface area (Å²) in [6.07, 6.45) is 6.90. The second kappa shape index (κ2) is 7.34. The van der Waals surface area contributed by atoms with Crippen molar-refractivity contribution in [3.05, 3.63) is 42.2 Å². The molecule has 0 saturated carbocycles. The largest absolute Gasteiger partial charge is 0.325 e. The van der Waals surface area contributed by atoms with Crippen LogP contribution in [0.2, 0.25) is 0 Å². The zero-order chi connectivity index (χ0) is 14.3. The van der Waals surface area contributed by atoms with E-state index in [2.05, 4.69) is 17.8 Å². The van der Waals surface area contributed by atoms with Crippen LogP contribution in [0.1, 0.15) is 5.56 Å². The molecule has 100 valence electrons. The van der Waals surface area contributed by atoms with Crippen LogP contribution in [0.3, 0.4) is 0 Å². The minimum atomic E-state index is -0.343. The first kappa shape index (κ1) is 14.9. The lowest BCUT2D eigenvalue weighted by Gasteiger charge is -2.17. The van der Waals surface area contributed by atoms with Crippen molar-refractivity contribution in [1.82, 2.24) is 4.90 Å². The normalized spacial score (nSPS) is 10.0. The maximum Gasteiger partial charge on any atom is 0.238 e. The molecule has 1 N–H and O–H groups in total. The van der Waals surface area contributed by atoms with E-state index in [1.54, 1.807) is 30.0 Å². The first-order chi connectivity index (χ1) is 9.08. The quantitative estimate of drug-likeness (QED) is 0.628. The Hall–Kier alpha value is -2.12. The number of amides is 1. The molecule has 19 heavy (non-hydrogen) atoms. The number of halogens is 1. The summed E-state index contributed by atoms with van der Waals surface area (Å²) in [7, 11) is 0. The minimum Gasteiger partial charge on any atom is -0.325 e. The van der Waals surface area contributed by atoms with E-state index in [1.165, 1.54) is 6.07 Å². The van der Waals surface area contributed by atoms with Crippen LogP contribution >= 0.6 is 0 Å². The molecule has 0 saturated heterocycles. The summed E-state index contributed by atoms with van der Waals surface area (Å²) in [5.41, 5.74) is 0.896. The van der Waals surface area contributed by atoms with Gasteiger partial charge < -0.3 is 5.32 Å². The number of carbonyl (C=O) groups is 1. The van der Waals surface area contributed by atoms with Gasteiger partial charge in [0.05, 0.1) is 13.1 Å². The van der Waals surface area contributed by atoms with Crippen LogP contribution in [0.25, 0.3) is 0 Å². The molecule has 0 spiro atoms. The van der Waals surface area contributed by atoms with E-state index < -0.39 is 0 Å². The summed E-state index contributed by atoms with van der Waals surface area (Å²) in [6.45, 7) is 6.26. The lowest BCUT2D eigenvalue weighted by Crippen LogP contribution is -2.33. The van der Waals surface area contributed by atoms with Gasteiger partial charge >= 0.3 is 0 Å². The third-order valence-corrected chi connectivity index (χ3v) is 2.61.